The molecule has 1 aliphatic heterocycles. The van der Waals surface area contributed by atoms with Crippen LogP contribution in [0.1, 0.15) is 41.6 Å². The van der Waals surface area contributed by atoms with Crippen LogP contribution in [-0.4, -0.2) is 34.9 Å². The summed E-state index contributed by atoms with van der Waals surface area (Å²) < 4.78 is 17.9. The van der Waals surface area contributed by atoms with Crippen molar-refractivity contribution in [2.24, 2.45) is 0 Å². The fourth-order valence-electron chi connectivity index (χ4n) is 4.65. The Balaban J connectivity index is 1.60. The third kappa shape index (κ3) is 4.91. The Labute approximate surface area is 228 Å². The SMILES string of the molecule is COc1cccc(CN2C(=O)C(O)=C(C(=O)c3cc4cc(Br)ccc4o3)C2c2cccc(OC(C)C)c2)c1. The first-order valence-electron chi connectivity index (χ1n) is 12.1. The molecule has 3 aromatic carbocycles. The van der Waals surface area contributed by atoms with E-state index < -0.39 is 23.5 Å². The number of fused-ring (bicyclic) bond motifs is 1. The van der Waals surface area contributed by atoms with E-state index in [2.05, 4.69) is 15.9 Å². The summed E-state index contributed by atoms with van der Waals surface area (Å²) in [5.41, 5.74) is 1.90. The van der Waals surface area contributed by atoms with Crippen LogP contribution < -0.4 is 9.47 Å². The van der Waals surface area contributed by atoms with Crippen LogP contribution >= 0.6 is 15.9 Å². The van der Waals surface area contributed by atoms with Crippen molar-refractivity contribution in [1.82, 2.24) is 4.90 Å². The summed E-state index contributed by atoms with van der Waals surface area (Å²) in [7, 11) is 1.57. The zero-order valence-electron chi connectivity index (χ0n) is 21.1. The summed E-state index contributed by atoms with van der Waals surface area (Å²) in [6, 6.07) is 20.7. The third-order valence-corrected chi connectivity index (χ3v) is 6.78. The maximum atomic E-state index is 13.8. The Kier molecular flexibility index (Phi) is 6.99. The molecule has 194 valence electrons. The number of aliphatic hydroxyl groups excluding tert-OH is 1. The van der Waals surface area contributed by atoms with Gasteiger partial charge in [-0.1, -0.05) is 40.2 Å². The van der Waals surface area contributed by atoms with Crippen LogP contribution in [0.3, 0.4) is 0 Å². The van der Waals surface area contributed by atoms with E-state index in [9.17, 15) is 14.7 Å². The standard InChI is InChI=1S/C30H26BrNO6/c1-17(2)37-23-9-5-7-19(14-23)27-26(28(33)25-15-20-13-21(31)10-11-24(20)38-25)29(34)30(35)32(27)16-18-6-4-8-22(12-18)36-3/h4-15,17,27,34H,16H2,1-3H3. The van der Waals surface area contributed by atoms with Gasteiger partial charge in [0.05, 0.1) is 24.8 Å². The number of hydrogen-bond acceptors (Lipinski definition) is 6. The van der Waals surface area contributed by atoms with Gasteiger partial charge in [0.15, 0.2) is 11.5 Å². The van der Waals surface area contributed by atoms with E-state index in [-0.39, 0.29) is 24.0 Å². The number of Topliss-reactive ketones (excluding diaryl/α,β-unsaturated/α-hetero) is 1. The number of carbonyl (C=O) groups excluding carboxylic acids is 2. The molecule has 1 unspecified atom stereocenters. The number of aliphatic hydroxyl groups is 1. The summed E-state index contributed by atoms with van der Waals surface area (Å²) in [6.45, 7) is 3.98. The van der Waals surface area contributed by atoms with E-state index in [0.717, 1.165) is 15.4 Å². The van der Waals surface area contributed by atoms with Gasteiger partial charge in [0.25, 0.3) is 5.91 Å². The Bertz CT molecular complexity index is 1570. The summed E-state index contributed by atoms with van der Waals surface area (Å²) in [5, 5.41) is 11.8. The maximum Gasteiger partial charge on any atom is 0.290 e. The summed E-state index contributed by atoms with van der Waals surface area (Å²) >= 11 is 3.43. The Hall–Kier alpha value is -4.04. The molecule has 0 aliphatic carbocycles. The van der Waals surface area contributed by atoms with Crippen molar-refractivity contribution in [1.29, 1.82) is 0 Å². The van der Waals surface area contributed by atoms with E-state index >= 15 is 0 Å². The molecule has 7 nitrogen and oxygen atoms in total. The molecule has 2 heterocycles. The lowest BCUT2D eigenvalue weighted by molar-refractivity contribution is -0.130. The van der Waals surface area contributed by atoms with Gasteiger partial charge >= 0.3 is 0 Å². The van der Waals surface area contributed by atoms with Crippen LogP contribution in [0.5, 0.6) is 11.5 Å². The highest BCUT2D eigenvalue weighted by Crippen LogP contribution is 2.41. The normalized spacial score (nSPS) is 15.6. The molecule has 0 fully saturated rings. The van der Waals surface area contributed by atoms with Crippen LogP contribution in [0, 0.1) is 0 Å². The zero-order valence-corrected chi connectivity index (χ0v) is 22.7. The van der Waals surface area contributed by atoms with E-state index in [1.165, 1.54) is 4.90 Å². The van der Waals surface area contributed by atoms with Crippen molar-refractivity contribution in [2.45, 2.75) is 32.5 Å². The summed E-state index contributed by atoms with van der Waals surface area (Å²) in [4.78, 5) is 28.8. The summed E-state index contributed by atoms with van der Waals surface area (Å²) in [5.74, 6) is -0.528. The summed E-state index contributed by atoms with van der Waals surface area (Å²) in [6.07, 6.45) is -0.0664. The van der Waals surface area contributed by atoms with Gasteiger partial charge in [-0.05, 0) is 73.5 Å². The highest BCUT2D eigenvalue weighted by Gasteiger charge is 2.44. The first-order chi connectivity index (χ1) is 18.2. The Morgan fingerprint density at radius 1 is 1.05 bits per heavy atom. The van der Waals surface area contributed by atoms with E-state index in [1.54, 1.807) is 31.4 Å². The van der Waals surface area contributed by atoms with Crippen LogP contribution in [0.25, 0.3) is 11.0 Å². The van der Waals surface area contributed by atoms with Crippen molar-refractivity contribution >= 4 is 38.6 Å². The highest BCUT2D eigenvalue weighted by molar-refractivity contribution is 9.10. The van der Waals surface area contributed by atoms with Crippen molar-refractivity contribution in [3.05, 3.63) is 105 Å². The smallest absolute Gasteiger partial charge is 0.290 e. The topological polar surface area (TPSA) is 89.2 Å². The molecule has 1 aromatic heterocycles. The molecule has 0 bridgehead atoms. The highest BCUT2D eigenvalue weighted by atomic mass is 79.9. The van der Waals surface area contributed by atoms with Crippen molar-refractivity contribution < 1.29 is 28.6 Å². The molecule has 0 radical (unpaired) electrons. The number of rotatable bonds is 8. The van der Waals surface area contributed by atoms with Crippen LogP contribution in [-0.2, 0) is 11.3 Å². The largest absolute Gasteiger partial charge is 0.503 e. The fourth-order valence-corrected chi connectivity index (χ4v) is 5.03. The molecule has 38 heavy (non-hydrogen) atoms. The van der Waals surface area contributed by atoms with Crippen molar-refractivity contribution in [3.8, 4) is 11.5 Å². The van der Waals surface area contributed by atoms with E-state index in [1.807, 2.05) is 62.4 Å². The van der Waals surface area contributed by atoms with E-state index in [4.69, 9.17) is 13.9 Å². The van der Waals surface area contributed by atoms with Gasteiger partial charge in [-0.25, -0.2) is 0 Å². The number of amides is 1. The minimum Gasteiger partial charge on any atom is -0.503 e. The maximum absolute atomic E-state index is 13.8. The average molecular weight is 576 g/mol. The lowest BCUT2D eigenvalue weighted by Gasteiger charge is -2.27. The van der Waals surface area contributed by atoms with Crippen molar-refractivity contribution in [3.63, 3.8) is 0 Å². The van der Waals surface area contributed by atoms with Crippen LogP contribution in [0.4, 0.5) is 0 Å². The molecule has 8 heteroatoms. The molecule has 1 aliphatic rings. The molecule has 0 saturated heterocycles. The van der Waals surface area contributed by atoms with Gasteiger partial charge in [-0.3, -0.25) is 9.59 Å². The molecule has 1 N–H and O–H groups in total. The number of benzene rings is 3. The number of ketones is 1. The number of hydrogen-bond donors (Lipinski definition) is 1. The second-order valence-electron chi connectivity index (χ2n) is 9.31. The van der Waals surface area contributed by atoms with Crippen molar-refractivity contribution in [2.75, 3.05) is 7.11 Å². The zero-order chi connectivity index (χ0) is 27.0. The van der Waals surface area contributed by atoms with Gasteiger partial charge in [0.1, 0.15) is 17.1 Å². The molecule has 0 spiro atoms. The Morgan fingerprint density at radius 2 is 1.82 bits per heavy atom. The minimum atomic E-state index is -0.864. The molecule has 1 amide bonds. The predicted molar refractivity (Wildman–Crippen MR) is 146 cm³/mol. The molecule has 0 saturated carbocycles. The molecular weight excluding hydrogens is 550 g/mol. The third-order valence-electron chi connectivity index (χ3n) is 6.28. The van der Waals surface area contributed by atoms with Gasteiger partial charge in [0.2, 0.25) is 5.78 Å². The number of carbonyl (C=O) groups is 2. The predicted octanol–water partition coefficient (Wildman–Crippen LogP) is 6.77. The number of ether oxygens (including phenoxy) is 2. The van der Waals surface area contributed by atoms with E-state index in [0.29, 0.717) is 22.6 Å². The molecular formula is C30H26BrNO6. The monoisotopic (exact) mass is 575 g/mol. The van der Waals surface area contributed by atoms with Crippen LogP contribution in [0.15, 0.2) is 93.0 Å². The molecule has 5 rings (SSSR count). The quantitative estimate of drug-likeness (QED) is 0.233. The van der Waals surface area contributed by atoms with Gasteiger partial charge < -0.3 is 23.9 Å². The van der Waals surface area contributed by atoms with Gasteiger partial charge in [-0.2, -0.15) is 0 Å². The number of methoxy groups -OCH3 is 1. The Morgan fingerprint density at radius 3 is 2.58 bits per heavy atom. The average Bonchev–Trinajstić information content (AvgIpc) is 3.42. The van der Waals surface area contributed by atoms with Crippen LogP contribution in [0.2, 0.25) is 0 Å². The second-order valence-corrected chi connectivity index (χ2v) is 10.2. The minimum absolute atomic E-state index is 0.0373. The first-order valence-corrected chi connectivity index (χ1v) is 12.9. The van der Waals surface area contributed by atoms with Gasteiger partial charge in [0, 0.05) is 16.4 Å². The number of nitrogens with zero attached hydrogens (tertiary/aromatic N) is 1. The fraction of sp³-hybridized carbons (Fsp3) is 0.200. The number of halogens is 1. The van der Waals surface area contributed by atoms with Gasteiger partial charge in [-0.15, -0.1) is 0 Å². The lowest BCUT2D eigenvalue weighted by Crippen LogP contribution is -2.30. The molecule has 1 atom stereocenters. The molecule has 4 aromatic rings. The number of furan rings is 1. The first kappa shape index (κ1) is 25.6. The second kappa shape index (κ2) is 10.4. The lowest BCUT2D eigenvalue weighted by atomic mass is 9.94.